The summed E-state index contributed by atoms with van der Waals surface area (Å²) < 4.78 is 39.4. The number of rotatable bonds is 6. The van der Waals surface area contributed by atoms with Gasteiger partial charge < -0.3 is 24.4 Å². The third kappa shape index (κ3) is 5.31. The highest BCUT2D eigenvalue weighted by Gasteiger charge is 2.24. The lowest BCUT2D eigenvalue weighted by Gasteiger charge is -2.33. The number of urea groups is 1. The monoisotopic (exact) mass is 344 g/mol. The summed E-state index contributed by atoms with van der Waals surface area (Å²) in [6.07, 6.45) is 0.672. The van der Waals surface area contributed by atoms with Crippen LogP contribution in [0.3, 0.4) is 0 Å². The van der Waals surface area contributed by atoms with E-state index in [9.17, 15) is 13.6 Å². The fourth-order valence-electron chi connectivity index (χ4n) is 2.47. The minimum atomic E-state index is -2.87. The van der Waals surface area contributed by atoms with Crippen LogP contribution in [-0.2, 0) is 9.47 Å². The van der Waals surface area contributed by atoms with Crippen LogP contribution in [0.25, 0.3) is 0 Å². The Morgan fingerprint density at radius 1 is 1.50 bits per heavy atom. The molecule has 0 saturated carbocycles. The van der Waals surface area contributed by atoms with Crippen LogP contribution in [0.2, 0.25) is 0 Å². The number of benzene rings is 1. The van der Waals surface area contributed by atoms with Gasteiger partial charge in [-0.25, -0.2) is 4.79 Å². The number of anilines is 1. The summed E-state index contributed by atoms with van der Waals surface area (Å²) in [5.74, 6) is 0.0616. The molecule has 1 fully saturated rings. The average Bonchev–Trinajstić information content (AvgIpc) is 2.55. The third-order valence-corrected chi connectivity index (χ3v) is 3.73. The number of alkyl halides is 2. The molecule has 0 spiro atoms. The lowest BCUT2D eigenvalue weighted by Crippen LogP contribution is -2.47. The van der Waals surface area contributed by atoms with E-state index in [1.165, 1.54) is 12.1 Å². The predicted molar refractivity (Wildman–Crippen MR) is 84.6 cm³/mol. The van der Waals surface area contributed by atoms with Gasteiger partial charge in [0.2, 0.25) is 0 Å². The van der Waals surface area contributed by atoms with Crippen LogP contribution >= 0.6 is 0 Å². The van der Waals surface area contributed by atoms with Gasteiger partial charge in [0.05, 0.1) is 12.7 Å². The molecule has 1 aliphatic heterocycles. The fraction of sp³-hybridized carbons (Fsp3) is 0.562. The molecule has 1 aromatic rings. The van der Waals surface area contributed by atoms with E-state index in [1.54, 1.807) is 25.0 Å². The molecule has 6 nitrogen and oxygen atoms in total. The minimum absolute atomic E-state index is 0.0487. The normalized spacial score (nSPS) is 17.9. The molecule has 1 heterocycles. The predicted octanol–water partition coefficient (Wildman–Crippen LogP) is 2.87. The van der Waals surface area contributed by atoms with Crippen molar-refractivity contribution >= 4 is 11.7 Å². The molecule has 1 atom stereocenters. The molecule has 1 saturated heterocycles. The van der Waals surface area contributed by atoms with Crippen molar-refractivity contribution in [3.05, 3.63) is 23.8 Å². The van der Waals surface area contributed by atoms with Gasteiger partial charge in [-0.15, -0.1) is 0 Å². The van der Waals surface area contributed by atoms with E-state index in [2.05, 4.69) is 10.1 Å². The maximum atomic E-state index is 12.4. The van der Waals surface area contributed by atoms with E-state index in [0.717, 1.165) is 6.42 Å². The Morgan fingerprint density at radius 2 is 2.29 bits per heavy atom. The van der Waals surface area contributed by atoms with Crippen molar-refractivity contribution in [2.24, 2.45) is 0 Å². The summed E-state index contributed by atoms with van der Waals surface area (Å²) >= 11 is 0. The highest BCUT2D eigenvalue weighted by atomic mass is 19.3. The van der Waals surface area contributed by atoms with Crippen LogP contribution in [0.4, 0.5) is 19.3 Å². The second kappa shape index (κ2) is 8.79. The molecule has 1 aromatic carbocycles. The van der Waals surface area contributed by atoms with E-state index < -0.39 is 6.61 Å². The highest BCUT2D eigenvalue weighted by molar-refractivity contribution is 5.90. The summed E-state index contributed by atoms with van der Waals surface area (Å²) in [4.78, 5) is 14.1. The number of carbonyl (C=O) groups is 1. The van der Waals surface area contributed by atoms with Gasteiger partial charge in [0.15, 0.2) is 0 Å². The standard InChI is InChI=1S/C16H22F2N2O4/c1-11-9-12(24-15(17)18)3-4-14(11)19-16(21)20-6-8-23-13(10-20)5-7-22-2/h3-4,9,13,15H,5-8,10H2,1-2H3,(H,19,21)/t13-/m0/s1. The Hall–Kier alpha value is -1.93. The van der Waals surface area contributed by atoms with Crippen molar-refractivity contribution in [2.45, 2.75) is 26.1 Å². The quantitative estimate of drug-likeness (QED) is 0.862. The zero-order valence-corrected chi connectivity index (χ0v) is 13.8. The number of nitrogens with zero attached hydrogens (tertiary/aromatic N) is 1. The molecule has 2 amide bonds. The molecular formula is C16H22F2N2O4. The molecule has 0 unspecified atom stereocenters. The van der Waals surface area contributed by atoms with Crippen LogP contribution in [0.15, 0.2) is 18.2 Å². The molecule has 0 aliphatic carbocycles. The molecule has 2 rings (SSSR count). The van der Waals surface area contributed by atoms with Crippen LogP contribution in [0.5, 0.6) is 5.75 Å². The zero-order chi connectivity index (χ0) is 17.5. The molecule has 24 heavy (non-hydrogen) atoms. The average molecular weight is 344 g/mol. The Balaban J connectivity index is 1.93. The number of ether oxygens (including phenoxy) is 3. The Labute approximate surface area is 139 Å². The van der Waals surface area contributed by atoms with Crippen molar-refractivity contribution in [3.8, 4) is 5.75 Å². The van der Waals surface area contributed by atoms with Gasteiger partial charge in [-0.2, -0.15) is 8.78 Å². The molecule has 1 N–H and O–H groups in total. The van der Waals surface area contributed by atoms with Crippen molar-refractivity contribution in [2.75, 3.05) is 38.7 Å². The number of aryl methyl sites for hydroxylation is 1. The minimum Gasteiger partial charge on any atom is -0.435 e. The number of hydrogen-bond acceptors (Lipinski definition) is 4. The van der Waals surface area contributed by atoms with Gasteiger partial charge in [-0.05, 0) is 37.1 Å². The first-order valence-corrected chi connectivity index (χ1v) is 7.71. The molecular weight excluding hydrogens is 322 g/mol. The number of halogens is 2. The van der Waals surface area contributed by atoms with Crippen LogP contribution in [0.1, 0.15) is 12.0 Å². The molecule has 0 aromatic heterocycles. The number of methoxy groups -OCH3 is 1. The number of nitrogens with one attached hydrogen (secondary N) is 1. The topological polar surface area (TPSA) is 60.0 Å². The van der Waals surface area contributed by atoms with Gasteiger partial charge in [-0.1, -0.05) is 0 Å². The summed E-state index contributed by atoms with van der Waals surface area (Å²) in [5.41, 5.74) is 1.20. The van der Waals surface area contributed by atoms with E-state index in [0.29, 0.717) is 37.6 Å². The van der Waals surface area contributed by atoms with E-state index in [-0.39, 0.29) is 17.9 Å². The van der Waals surface area contributed by atoms with Crippen LogP contribution in [-0.4, -0.2) is 57.1 Å². The summed E-state index contributed by atoms with van der Waals surface area (Å²) in [6.45, 7) is 0.880. The smallest absolute Gasteiger partial charge is 0.387 e. The van der Waals surface area contributed by atoms with Gasteiger partial charge in [-0.3, -0.25) is 0 Å². The van der Waals surface area contributed by atoms with Crippen LogP contribution in [0, 0.1) is 6.92 Å². The second-order valence-electron chi connectivity index (χ2n) is 5.51. The van der Waals surface area contributed by atoms with Gasteiger partial charge >= 0.3 is 12.6 Å². The van der Waals surface area contributed by atoms with Crippen molar-refractivity contribution < 1.29 is 27.8 Å². The molecule has 1 aliphatic rings. The number of amides is 2. The maximum absolute atomic E-state index is 12.4. The highest BCUT2D eigenvalue weighted by Crippen LogP contribution is 2.23. The first-order valence-electron chi connectivity index (χ1n) is 7.71. The lowest BCUT2D eigenvalue weighted by atomic mass is 10.2. The van der Waals surface area contributed by atoms with Crippen molar-refractivity contribution in [1.82, 2.24) is 4.90 Å². The van der Waals surface area contributed by atoms with E-state index in [1.807, 2.05) is 0 Å². The van der Waals surface area contributed by atoms with E-state index >= 15 is 0 Å². The fourth-order valence-corrected chi connectivity index (χ4v) is 2.47. The summed E-state index contributed by atoms with van der Waals surface area (Å²) in [6, 6.07) is 4.16. The van der Waals surface area contributed by atoms with E-state index in [4.69, 9.17) is 9.47 Å². The Kier molecular flexibility index (Phi) is 6.74. The van der Waals surface area contributed by atoms with Crippen LogP contribution < -0.4 is 10.1 Å². The Bertz CT molecular complexity index is 557. The second-order valence-corrected chi connectivity index (χ2v) is 5.51. The third-order valence-electron chi connectivity index (χ3n) is 3.73. The number of carbonyl (C=O) groups excluding carboxylic acids is 1. The first-order chi connectivity index (χ1) is 11.5. The largest absolute Gasteiger partial charge is 0.435 e. The molecule has 134 valence electrons. The van der Waals surface area contributed by atoms with Crippen molar-refractivity contribution in [1.29, 1.82) is 0 Å². The van der Waals surface area contributed by atoms with Crippen molar-refractivity contribution in [3.63, 3.8) is 0 Å². The van der Waals surface area contributed by atoms with Gasteiger partial charge in [0, 0.05) is 32.5 Å². The molecule has 0 radical (unpaired) electrons. The molecule has 0 bridgehead atoms. The van der Waals surface area contributed by atoms with Gasteiger partial charge in [0.1, 0.15) is 5.75 Å². The number of morpholine rings is 1. The Morgan fingerprint density at radius 3 is 2.96 bits per heavy atom. The lowest BCUT2D eigenvalue weighted by molar-refractivity contribution is -0.0498. The zero-order valence-electron chi connectivity index (χ0n) is 13.8. The summed E-state index contributed by atoms with van der Waals surface area (Å²) in [7, 11) is 1.62. The number of hydrogen-bond donors (Lipinski definition) is 1. The molecule has 8 heteroatoms. The first kappa shape index (κ1) is 18.4. The maximum Gasteiger partial charge on any atom is 0.387 e. The SMILES string of the molecule is COCC[C@H]1CN(C(=O)Nc2ccc(OC(F)F)cc2C)CCO1. The summed E-state index contributed by atoms with van der Waals surface area (Å²) in [5, 5.41) is 2.79. The van der Waals surface area contributed by atoms with Gasteiger partial charge in [0.25, 0.3) is 0 Å².